The molecule has 0 fully saturated rings. The van der Waals surface area contributed by atoms with Crippen molar-refractivity contribution in [2.75, 3.05) is 11.9 Å². The Morgan fingerprint density at radius 3 is 2.80 bits per heavy atom. The SMILES string of the molecule is Cc1cc(F)c2c(c1)C(C)[C@@H](CC[C@@H](C)CO)[C@H](C1C=CC=CC1)N2. The van der Waals surface area contributed by atoms with Gasteiger partial charge in [-0.05, 0) is 61.1 Å². The Hall–Kier alpha value is -1.61. The molecule has 1 aliphatic heterocycles. The van der Waals surface area contributed by atoms with Crippen LogP contribution in [0.1, 0.15) is 50.2 Å². The molecule has 136 valence electrons. The van der Waals surface area contributed by atoms with Crippen LogP contribution in [0.15, 0.2) is 36.4 Å². The predicted octanol–water partition coefficient (Wildman–Crippen LogP) is 5.19. The first-order valence-electron chi connectivity index (χ1n) is 9.52. The number of aliphatic hydroxyl groups excluding tert-OH is 1. The number of hydrogen-bond acceptors (Lipinski definition) is 2. The van der Waals surface area contributed by atoms with Crippen LogP contribution >= 0.6 is 0 Å². The van der Waals surface area contributed by atoms with E-state index in [-0.39, 0.29) is 18.5 Å². The molecule has 1 heterocycles. The molecule has 25 heavy (non-hydrogen) atoms. The van der Waals surface area contributed by atoms with Gasteiger partial charge in [0.1, 0.15) is 5.82 Å². The number of benzene rings is 1. The van der Waals surface area contributed by atoms with Crippen LogP contribution in [0.5, 0.6) is 0 Å². The fraction of sp³-hybridized carbons (Fsp3) is 0.545. The van der Waals surface area contributed by atoms with Crippen molar-refractivity contribution >= 4 is 5.69 Å². The van der Waals surface area contributed by atoms with E-state index >= 15 is 0 Å². The number of nitrogens with one attached hydrogen (secondary N) is 1. The number of allylic oxidation sites excluding steroid dienone is 3. The van der Waals surface area contributed by atoms with Gasteiger partial charge in [0.2, 0.25) is 0 Å². The molecular weight excluding hydrogens is 313 g/mol. The van der Waals surface area contributed by atoms with E-state index in [1.54, 1.807) is 6.07 Å². The lowest BCUT2D eigenvalue weighted by molar-refractivity contribution is 0.208. The molecule has 5 atom stereocenters. The number of rotatable bonds is 5. The minimum absolute atomic E-state index is 0.135. The molecule has 0 aromatic heterocycles. The second-order valence-electron chi connectivity index (χ2n) is 7.91. The molecule has 0 spiro atoms. The first kappa shape index (κ1) is 18.2. The van der Waals surface area contributed by atoms with Crippen molar-refractivity contribution in [3.05, 3.63) is 53.4 Å². The fourth-order valence-electron chi connectivity index (χ4n) is 4.38. The van der Waals surface area contributed by atoms with Gasteiger partial charge >= 0.3 is 0 Å². The molecule has 1 aromatic carbocycles. The zero-order valence-corrected chi connectivity index (χ0v) is 15.5. The summed E-state index contributed by atoms with van der Waals surface area (Å²) < 4.78 is 14.6. The zero-order valence-electron chi connectivity index (χ0n) is 15.5. The molecule has 1 aromatic rings. The molecule has 2 N–H and O–H groups in total. The summed E-state index contributed by atoms with van der Waals surface area (Å²) in [6, 6.07) is 3.98. The monoisotopic (exact) mass is 343 g/mol. The summed E-state index contributed by atoms with van der Waals surface area (Å²) in [5.41, 5.74) is 2.77. The number of aliphatic hydroxyl groups is 1. The van der Waals surface area contributed by atoms with Gasteiger partial charge in [0.25, 0.3) is 0 Å². The fourth-order valence-corrected chi connectivity index (χ4v) is 4.38. The van der Waals surface area contributed by atoms with Crippen molar-refractivity contribution in [2.45, 2.75) is 52.0 Å². The standard InChI is InChI=1S/C22H30FNO/c1-14(13-25)9-10-18-16(3)19-11-15(2)12-20(23)22(19)24-21(18)17-7-5-4-6-8-17/h4-7,11-12,14,16-18,21,24-25H,8-10,13H2,1-3H3/t14-,16?,17?,18-,21+/m1/s1. The average Bonchev–Trinajstić information content (AvgIpc) is 2.61. The number of halogens is 1. The highest BCUT2D eigenvalue weighted by Crippen LogP contribution is 2.45. The first-order valence-corrected chi connectivity index (χ1v) is 9.52. The number of fused-ring (bicyclic) bond motifs is 1. The van der Waals surface area contributed by atoms with Gasteiger partial charge in [0, 0.05) is 18.6 Å². The Morgan fingerprint density at radius 2 is 2.12 bits per heavy atom. The third kappa shape index (κ3) is 3.82. The van der Waals surface area contributed by atoms with Crippen LogP contribution in [0.3, 0.4) is 0 Å². The molecule has 2 nitrogen and oxygen atoms in total. The van der Waals surface area contributed by atoms with Crippen molar-refractivity contribution in [3.63, 3.8) is 0 Å². The molecule has 0 saturated carbocycles. The second kappa shape index (κ2) is 7.74. The van der Waals surface area contributed by atoms with Gasteiger partial charge in [-0.25, -0.2) is 4.39 Å². The molecule has 0 saturated heterocycles. The first-order chi connectivity index (χ1) is 12.0. The van der Waals surface area contributed by atoms with E-state index in [9.17, 15) is 9.50 Å². The molecule has 3 heteroatoms. The minimum atomic E-state index is -0.135. The van der Waals surface area contributed by atoms with Crippen molar-refractivity contribution in [1.29, 1.82) is 0 Å². The van der Waals surface area contributed by atoms with Crippen molar-refractivity contribution < 1.29 is 9.50 Å². The van der Waals surface area contributed by atoms with Crippen molar-refractivity contribution in [3.8, 4) is 0 Å². The molecule has 2 unspecified atom stereocenters. The van der Waals surface area contributed by atoms with Crippen LogP contribution in [0, 0.1) is 30.5 Å². The van der Waals surface area contributed by atoms with E-state index in [2.05, 4.69) is 49.5 Å². The lowest BCUT2D eigenvalue weighted by Crippen LogP contribution is -2.42. The summed E-state index contributed by atoms with van der Waals surface area (Å²) >= 11 is 0. The summed E-state index contributed by atoms with van der Waals surface area (Å²) in [4.78, 5) is 0. The average molecular weight is 343 g/mol. The Balaban J connectivity index is 1.92. The van der Waals surface area contributed by atoms with Gasteiger partial charge in [-0.15, -0.1) is 0 Å². The van der Waals surface area contributed by atoms with E-state index in [0.29, 0.717) is 29.4 Å². The van der Waals surface area contributed by atoms with Gasteiger partial charge in [0.05, 0.1) is 5.69 Å². The zero-order chi connectivity index (χ0) is 18.0. The van der Waals surface area contributed by atoms with Crippen LogP contribution in [-0.4, -0.2) is 17.8 Å². The molecule has 3 rings (SSSR count). The van der Waals surface area contributed by atoms with Gasteiger partial charge in [-0.1, -0.05) is 44.2 Å². The van der Waals surface area contributed by atoms with Gasteiger partial charge in [-0.2, -0.15) is 0 Å². The quantitative estimate of drug-likeness (QED) is 0.771. The Kier molecular flexibility index (Phi) is 5.63. The van der Waals surface area contributed by atoms with E-state index in [0.717, 1.165) is 30.4 Å². The minimum Gasteiger partial charge on any atom is -0.396 e. The van der Waals surface area contributed by atoms with Gasteiger partial charge in [-0.3, -0.25) is 0 Å². The largest absolute Gasteiger partial charge is 0.396 e. The van der Waals surface area contributed by atoms with Crippen LogP contribution in [0.2, 0.25) is 0 Å². The highest BCUT2D eigenvalue weighted by atomic mass is 19.1. The topological polar surface area (TPSA) is 32.3 Å². The molecule has 0 bridgehead atoms. The van der Waals surface area contributed by atoms with Gasteiger partial charge in [0.15, 0.2) is 0 Å². The number of hydrogen-bond donors (Lipinski definition) is 2. The third-order valence-electron chi connectivity index (χ3n) is 5.95. The van der Waals surface area contributed by atoms with Crippen molar-refractivity contribution in [2.24, 2.45) is 17.8 Å². The summed E-state index contributed by atoms with van der Waals surface area (Å²) in [6.45, 7) is 6.52. The maximum atomic E-state index is 14.6. The molecule has 2 aliphatic rings. The number of aryl methyl sites for hydroxylation is 1. The lowest BCUT2D eigenvalue weighted by Gasteiger charge is -2.43. The summed E-state index contributed by atoms with van der Waals surface area (Å²) in [7, 11) is 0. The van der Waals surface area contributed by atoms with Crippen molar-refractivity contribution in [1.82, 2.24) is 0 Å². The Labute approximate surface area is 150 Å². The highest BCUT2D eigenvalue weighted by Gasteiger charge is 2.38. The van der Waals surface area contributed by atoms with E-state index in [4.69, 9.17) is 0 Å². The van der Waals surface area contributed by atoms with Crippen LogP contribution in [-0.2, 0) is 0 Å². The van der Waals surface area contributed by atoms with Crippen LogP contribution in [0.4, 0.5) is 10.1 Å². The second-order valence-corrected chi connectivity index (χ2v) is 7.91. The molecule has 1 aliphatic carbocycles. The molecule has 0 amide bonds. The Bertz CT molecular complexity index is 666. The number of anilines is 1. The smallest absolute Gasteiger partial charge is 0.146 e. The van der Waals surface area contributed by atoms with E-state index < -0.39 is 0 Å². The normalized spacial score (nSPS) is 29.2. The predicted molar refractivity (Wildman–Crippen MR) is 102 cm³/mol. The van der Waals surface area contributed by atoms with E-state index in [1.807, 2.05) is 6.92 Å². The maximum Gasteiger partial charge on any atom is 0.146 e. The lowest BCUT2D eigenvalue weighted by atomic mass is 9.70. The third-order valence-corrected chi connectivity index (χ3v) is 5.95. The highest BCUT2D eigenvalue weighted by molar-refractivity contribution is 5.59. The molecule has 0 radical (unpaired) electrons. The van der Waals surface area contributed by atoms with Gasteiger partial charge < -0.3 is 10.4 Å². The van der Waals surface area contributed by atoms with Crippen LogP contribution in [0.25, 0.3) is 0 Å². The Morgan fingerprint density at radius 1 is 1.32 bits per heavy atom. The molecular formula is C22H30FNO. The summed E-state index contributed by atoms with van der Waals surface area (Å²) in [5, 5.41) is 13.0. The van der Waals surface area contributed by atoms with Crippen LogP contribution < -0.4 is 5.32 Å². The summed E-state index contributed by atoms with van der Waals surface area (Å²) in [6.07, 6.45) is 11.7. The van der Waals surface area contributed by atoms with E-state index in [1.165, 1.54) is 0 Å². The summed E-state index contributed by atoms with van der Waals surface area (Å²) in [5.74, 6) is 1.30. The maximum absolute atomic E-state index is 14.6.